The second-order valence-corrected chi connectivity index (χ2v) is 9.23. The topological polar surface area (TPSA) is 43.4 Å². The van der Waals surface area contributed by atoms with Crippen LogP contribution in [0.1, 0.15) is 0 Å². The first-order valence-electron chi connectivity index (χ1n) is 5.32. The van der Waals surface area contributed by atoms with Crippen LogP contribution in [0, 0.1) is 5.41 Å². The van der Waals surface area contributed by atoms with E-state index in [2.05, 4.69) is 79.6 Å². The average Bonchev–Trinajstić information content (AvgIpc) is 2.43. The molecule has 1 aromatic carbocycles. The normalized spacial score (nSPS) is 12.7. The summed E-state index contributed by atoms with van der Waals surface area (Å²) in [6.07, 6.45) is 0. The molecule has 1 rings (SSSR count). The first kappa shape index (κ1) is 19.6. The summed E-state index contributed by atoms with van der Waals surface area (Å²) in [5, 5.41) is 1.85. The molecule has 0 aliphatic carbocycles. The highest BCUT2D eigenvalue weighted by molar-refractivity contribution is 9.11. The van der Waals surface area contributed by atoms with Crippen LogP contribution < -0.4 is 0 Å². The number of hydrogen-bond acceptors (Lipinski definition) is 3. The Balaban J connectivity index is 2.98. The van der Waals surface area contributed by atoms with Gasteiger partial charge in [0.15, 0.2) is 0 Å². The van der Waals surface area contributed by atoms with E-state index in [4.69, 9.17) is 4.18 Å². The molecule has 0 N–H and O–H groups in total. The maximum Gasteiger partial charge on any atom is 0.298 e. The first-order chi connectivity index (χ1) is 9.30. The van der Waals surface area contributed by atoms with Crippen LogP contribution in [-0.2, 0) is 14.3 Å². The average molecular weight is 623 g/mol. The molecule has 0 saturated carbocycles. The van der Waals surface area contributed by atoms with Gasteiger partial charge in [0.2, 0.25) is 0 Å². The molecule has 3 nitrogen and oxygen atoms in total. The SMILES string of the molecule is O=S(=O)(OCC(CBr)(CBr)CBr)c1cc(Br)ccc1Br. The largest absolute Gasteiger partial charge is 0.298 e. The zero-order valence-electron chi connectivity index (χ0n) is 10.1. The number of rotatable bonds is 7. The molecule has 0 radical (unpaired) electrons. The van der Waals surface area contributed by atoms with E-state index in [9.17, 15) is 8.42 Å². The van der Waals surface area contributed by atoms with E-state index >= 15 is 0 Å². The van der Waals surface area contributed by atoms with Crippen LogP contribution in [0.4, 0.5) is 0 Å². The highest BCUT2D eigenvalue weighted by Gasteiger charge is 2.31. The van der Waals surface area contributed by atoms with Crippen molar-refractivity contribution in [3.63, 3.8) is 0 Å². The molecule has 0 spiro atoms. The number of alkyl halides is 3. The first-order valence-corrected chi connectivity index (χ1v) is 11.7. The minimum atomic E-state index is -3.82. The highest BCUT2D eigenvalue weighted by atomic mass is 79.9. The molecule has 0 fully saturated rings. The van der Waals surface area contributed by atoms with Crippen molar-refractivity contribution < 1.29 is 12.6 Å². The van der Waals surface area contributed by atoms with Gasteiger partial charge in [-0.2, -0.15) is 8.42 Å². The van der Waals surface area contributed by atoms with Crippen LogP contribution in [0.3, 0.4) is 0 Å². The lowest BCUT2D eigenvalue weighted by Crippen LogP contribution is -2.33. The third-order valence-corrected chi connectivity index (χ3v) is 8.85. The Morgan fingerprint density at radius 3 is 2.10 bits per heavy atom. The third kappa shape index (κ3) is 5.03. The van der Waals surface area contributed by atoms with Gasteiger partial charge < -0.3 is 0 Å². The molecule has 0 heterocycles. The molecular formula is C11H11Br5O3S. The summed E-state index contributed by atoms with van der Waals surface area (Å²) in [4.78, 5) is 0.111. The van der Waals surface area contributed by atoms with Gasteiger partial charge in [0.1, 0.15) is 4.90 Å². The Bertz CT molecular complexity index is 549. The maximum atomic E-state index is 12.3. The number of benzene rings is 1. The number of halogens is 5. The highest BCUT2D eigenvalue weighted by Crippen LogP contribution is 2.31. The Hall–Kier alpha value is 1.53. The molecule has 114 valence electrons. The van der Waals surface area contributed by atoms with Crippen LogP contribution in [-0.4, -0.2) is 31.0 Å². The van der Waals surface area contributed by atoms with Gasteiger partial charge in [-0.25, -0.2) is 0 Å². The second-order valence-electron chi connectivity index (χ2n) is 4.19. The smallest absolute Gasteiger partial charge is 0.266 e. The third-order valence-electron chi connectivity index (χ3n) is 2.53. The molecule has 0 bridgehead atoms. The molecule has 20 heavy (non-hydrogen) atoms. The lowest BCUT2D eigenvalue weighted by molar-refractivity contribution is 0.218. The predicted molar refractivity (Wildman–Crippen MR) is 98.8 cm³/mol. The van der Waals surface area contributed by atoms with Crippen molar-refractivity contribution in [1.82, 2.24) is 0 Å². The van der Waals surface area contributed by atoms with E-state index in [1.807, 2.05) is 0 Å². The molecule has 0 saturated heterocycles. The van der Waals surface area contributed by atoms with Gasteiger partial charge in [0.05, 0.1) is 6.61 Å². The van der Waals surface area contributed by atoms with Gasteiger partial charge in [0.25, 0.3) is 10.1 Å². The van der Waals surface area contributed by atoms with Gasteiger partial charge in [-0.3, -0.25) is 4.18 Å². The minimum absolute atomic E-state index is 0.0794. The fourth-order valence-corrected chi connectivity index (χ4v) is 6.89. The van der Waals surface area contributed by atoms with E-state index < -0.39 is 10.1 Å². The van der Waals surface area contributed by atoms with E-state index in [1.54, 1.807) is 12.1 Å². The molecule has 9 heteroatoms. The molecule has 0 aliphatic rings. The van der Waals surface area contributed by atoms with Crippen molar-refractivity contribution in [2.45, 2.75) is 4.90 Å². The zero-order chi connectivity index (χ0) is 15.4. The predicted octanol–water partition coefficient (Wildman–Crippen LogP) is 5.09. The fraction of sp³-hybridized carbons (Fsp3) is 0.455. The maximum absolute atomic E-state index is 12.3. The lowest BCUT2D eigenvalue weighted by Gasteiger charge is -2.26. The zero-order valence-corrected chi connectivity index (χ0v) is 18.8. The molecule has 0 atom stereocenters. The van der Waals surface area contributed by atoms with Crippen LogP contribution >= 0.6 is 79.6 Å². The summed E-state index contributed by atoms with van der Waals surface area (Å²) >= 11 is 16.7. The minimum Gasteiger partial charge on any atom is -0.266 e. The Kier molecular flexibility index (Phi) is 8.22. The monoisotopic (exact) mass is 618 g/mol. The summed E-state index contributed by atoms with van der Waals surface area (Å²) in [6.45, 7) is 0.0794. The quantitative estimate of drug-likeness (QED) is 0.315. The molecule has 0 aliphatic heterocycles. The van der Waals surface area contributed by atoms with Crippen molar-refractivity contribution >= 4 is 89.8 Å². The molecule has 0 amide bonds. The van der Waals surface area contributed by atoms with E-state index in [0.29, 0.717) is 24.9 Å². The van der Waals surface area contributed by atoms with Crippen molar-refractivity contribution in [2.75, 3.05) is 22.6 Å². The van der Waals surface area contributed by atoms with Gasteiger partial charge >= 0.3 is 0 Å². The van der Waals surface area contributed by atoms with Crippen molar-refractivity contribution in [3.8, 4) is 0 Å². The summed E-state index contributed by atoms with van der Waals surface area (Å²) in [5.74, 6) is 0. The van der Waals surface area contributed by atoms with Crippen molar-refractivity contribution in [2.24, 2.45) is 5.41 Å². The lowest BCUT2D eigenvalue weighted by atomic mass is 9.98. The Labute approximate surface area is 161 Å². The van der Waals surface area contributed by atoms with Gasteiger partial charge in [-0.15, -0.1) is 0 Å². The van der Waals surface area contributed by atoms with E-state index in [0.717, 1.165) is 0 Å². The molecule has 0 unspecified atom stereocenters. The summed E-state index contributed by atoms with van der Waals surface area (Å²) in [7, 11) is -3.82. The van der Waals surface area contributed by atoms with Crippen LogP contribution in [0.5, 0.6) is 0 Å². The van der Waals surface area contributed by atoms with Crippen molar-refractivity contribution in [1.29, 1.82) is 0 Å². The van der Waals surface area contributed by atoms with Gasteiger partial charge in [0, 0.05) is 30.4 Å². The van der Waals surface area contributed by atoms with Crippen LogP contribution in [0.2, 0.25) is 0 Å². The van der Waals surface area contributed by atoms with Crippen molar-refractivity contribution in [3.05, 3.63) is 27.1 Å². The second kappa shape index (κ2) is 8.40. The summed E-state index contributed by atoms with van der Waals surface area (Å²) in [6, 6.07) is 4.92. The fourth-order valence-electron chi connectivity index (χ4n) is 1.16. The van der Waals surface area contributed by atoms with Crippen LogP contribution in [0.25, 0.3) is 0 Å². The van der Waals surface area contributed by atoms with E-state index in [-0.39, 0.29) is 16.9 Å². The van der Waals surface area contributed by atoms with E-state index in [1.165, 1.54) is 6.07 Å². The summed E-state index contributed by atoms with van der Waals surface area (Å²) in [5.41, 5.74) is -0.328. The summed E-state index contributed by atoms with van der Waals surface area (Å²) < 4.78 is 30.9. The standard InChI is InChI=1S/C11H11Br5O3S/c12-4-11(5-13,6-14)7-19-20(17,18)10-3-8(15)1-2-9(10)16/h1-3H,4-7H2. The molecule has 0 aromatic heterocycles. The molecular weight excluding hydrogens is 612 g/mol. The Morgan fingerprint density at radius 2 is 1.60 bits per heavy atom. The molecule has 1 aromatic rings. The Morgan fingerprint density at radius 1 is 1.05 bits per heavy atom. The van der Waals surface area contributed by atoms with Gasteiger partial charge in [-0.05, 0) is 34.1 Å². The van der Waals surface area contributed by atoms with Crippen LogP contribution in [0.15, 0.2) is 32.0 Å². The van der Waals surface area contributed by atoms with Gasteiger partial charge in [-0.1, -0.05) is 63.7 Å². The number of hydrogen-bond donors (Lipinski definition) is 0.